The minimum absolute atomic E-state index is 0.162. The van der Waals surface area contributed by atoms with E-state index >= 15 is 0 Å². The minimum Gasteiger partial charge on any atom is -0.396 e. The van der Waals surface area contributed by atoms with E-state index in [-0.39, 0.29) is 12.5 Å². The van der Waals surface area contributed by atoms with E-state index in [0.29, 0.717) is 22.8 Å². The molecule has 0 aromatic carbocycles. The van der Waals surface area contributed by atoms with Crippen molar-refractivity contribution < 1.29 is 9.90 Å². The van der Waals surface area contributed by atoms with Crippen molar-refractivity contribution in [1.82, 2.24) is 10.3 Å². The fourth-order valence-corrected chi connectivity index (χ4v) is 2.15. The number of aliphatic hydroxyl groups excluding tert-OH is 1. The van der Waals surface area contributed by atoms with Gasteiger partial charge in [0.2, 0.25) is 0 Å². The number of aromatic nitrogens is 1. The number of rotatable bonds is 7. The molecule has 1 aromatic heterocycles. The van der Waals surface area contributed by atoms with Crippen molar-refractivity contribution in [2.45, 2.75) is 26.2 Å². The lowest BCUT2D eigenvalue weighted by Crippen LogP contribution is -2.30. The molecule has 0 fully saturated rings. The van der Waals surface area contributed by atoms with Gasteiger partial charge in [0.15, 0.2) is 0 Å². The molecule has 0 saturated heterocycles. The van der Waals surface area contributed by atoms with Crippen LogP contribution in [0.5, 0.6) is 0 Å². The Balaban J connectivity index is 2.49. The van der Waals surface area contributed by atoms with Gasteiger partial charge in [-0.1, -0.05) is 19.4 Å². The summed E-state index contributed by atoms with van der Waals surface area (Å²) in [6, 6.07) is 5.24. The number of carbonyl (C=O) groups is 1. The van der Waals surface area contributed by atoms with Crippen LogP contribution in [0.3, 0.4) is 0 Å². The molecule has 0 aliphatic carbocycles. The Morgan fingerprint density at radius 3 is 2.89 bits per heavy atom. The first kappa shape index (κ1) is 15.1. The van der Waals surface area contributed by atoms with Crippen LogP contribution in [0, 0.1) is 5.92 Å². The van der Waals surface area contributed by atoms with E-state index in [1.807, 2.05) is 0 Å². The molecule has 1 atom stereocenters. The standard InChI is InChI=1S/C13H19BrN2O2/c1-2-4-10(7-8-17)9-15-13(18)11-5-3-6-12(14)16-11/h3,5-6,10,17H,2,4,7-9H2,1H3,(H,15,18). The molecule has 0 bridgehead atoms. The van der Waals surface area contributed by atoms with Crippen LogP contribution in [0.2, 0.25) is 0 Å². The summed E-state index contributed by atoms with van der Waals surface area (Å²) < 4.78 is 0.649. The van der Waals surface area contributed by atoms with Crippen molar-refractivity contribution in [3.05, 3.63) is 28.5 Å². The number of pyridine rings is 1. The highest BCUT2D eigenvalue weighted by Gasteiger charge is 2.11. The second kappa shape index (κ2) is 8.21. The normalized spacial score (nSPS) is 12.2. The molecule has 0 aliphatic heterocycles. The van der Waals surface area contributed by atoms with Gasteiger partial charge in [-0.05, 0) is 46.8 Å². The summed E-state index contributed by atoms with van der Waals surface area (Å²) in [5.74, 6) is 0.159. The predicted molar refractivity (Wildman–Crippen MR) is 74.4 cm³/mol. The Kier molecular flexibility index (Phi) is 6.90. The van der Waals surface area contributed by atoms with E-state index in [4.69, 9.17) is 5.11 Å². The zero-order valence-corrected chi connectivity index (χ0v) is 12.1. The smallest absolute Gasteiger partial charge is 0.269 e. The highest BCUT2D eigenvalue weighted by Crippen LogP contribution is 2.10. The summed E-state index contributed by atoms with van der Waals surface area (Å²) in [5, 5.41) is 11.8. The maximum Gasteiger partial charge on any atom is 0.269 e. The highest BCUT2D eigenvalue weighted by molar-refractivity contribution is 9.10. The van der Waals surface area contributed by atoms with Gasteiger partial charge < -0.3 is 10.4 Å². The summed E-state index contributed by atoms with van der Waals surface area (Å²) in [4.78, 5) is 16.0. The maximum atomic E-state index is 11.9. The number of hydrogen-bond acceptors (Lipinski definition) is 3. The third-order valence-electron chi connectivity index (χ3n) is 2.73. The van der Waals surface area contributed by atoms with Gasteiger partial charge in [0.1, 0.15) is 10.3 Å². The molecule has 1 amide bonds. The van der Waals surface area contributed by atoms with E-state index in [9.17, 15) is 4.79 Å². The molecule has 0 aliphatic rings. The Hall–Kier alpha value is -0.940. The van der Waals surface area contributed by atoms with Gasteiger partial charge in [-0.3, -0.25) is 4.79 Å². The molecule has 1 heterocycles. The van der Waals surface area contributed by atoms with E-state index in [0.717, 1.165) is 19.3 Å². The van der Waals surface area contributed by atoms with E-state index in [1.54, 1.807) is 18.2 Å². The number of nitrogens with one attached hydrogen (secondary N) is 1. The third kappa shape index (κ3) is 5.14. The van der Waals surface area contributed by atoms with Crippen LogP contribution in [-0.2, 0) is 0 Å². The molecular weight excluding hydrogens is 296 g/mol. The van der Waals surface area contributed by atoms with Gasteiger partial charge in [0, 0.05) is 13.2 Å². The van der Waals surface area contributed by atoms with E-state index in [1.165, 1.54) is 0 Å². The second-order valence-corrected chi connectivity index (χ2v) is 5.04. The van der Waals surface area contributed by atoms with Crippen LogP contribution < -0.4 is 5.32 Å². The van der Waals surface area contributed by atoms with Gasteiger partial charge in [-0.2, -0.15) is 0 Å². The average Bonchev–Trinajstić information content (AvgIpc) is 2.36. The van der Waals surface area contributed by atoms with Crippen LogP contribution in [0.25, 0.3) is 0 Å². The van der Waals surface area contributed by atoms with Gasteiger partial charge in [-0.25, -0.2) is 4.98 Å². The molecule has 0 saturated carbocycles. The van der Waals surface area contributed by atoms with Crippen molar-refractivity contribution in [3.63, 3.8) is 0 Å². The largest absolute Gasteiger partial charge is 0.396 e. The van der Waals surface area contributed by atoms with Crippen molar-refractivity contribution in [2.24, 2.45) is 5.92 Å². The number of amides is 1. The van der Waals surface area contributed by atoms with E-state index < -0.39 is 0 Å². The predicted octanol–water partition coefficient (Wildman–Crippen LogP) is 2.37. The topological polar surface area (TPSA) is 62.2 Å². The number of aliphatic hydroxyl groups is 1. The summed E-state index contributed by atoms with van der Waals surface area (Å²) in [6.45, 7) is 2.85. The quantitative estimate of drug-likeness (QED) is 0.759. The van der Waals surface area contributed by atoms with Gasteiger partial charge >= 0.3 is 0 Å². The highest BCUT2D eigenvalue weighted by atomic mass is 79.9. The van der Waals surface area contributed by atoms with Crippen molar-refractivity contribution in [3.8, 4) is 0 Å². The number of carbonyl (C=O) groups excluding carboxylic acids is 1. The van der Waals surface area contributed by atoms with Crippen LogP contribution in [0.4, 0.5) is 0 Å². The number of nitrogens with zero attached hydrogens (tertiary/aromatic N) is 1. The Labute approximate surface area is 116 Å². The van der Waals surface area contributed by atoms with Crippen LogP contribution >= 0.6 is 15.9 Å². The lowest BCUT2D eigenvalue weighted by atomic mass is 10.0. The molecule has 2 N–H and O–H groups in total. The molecule has 5 heteroatoms. The minimum atomic E-state index is -0.171. The molecule has 100 valence electrons. The fourth-order valence-electron chi connectivity index (χ4n) is 1.80. The van der Waals surface area contributed by atoms with Crippen molar-refractivity contribution >= 4 is 21.8 Å². The monoisotopic (exact) mass is 314 g/mol. The Morgan fingerprint density at radius 1 is 1.50 bits per heavy atom. The second-order valence-electron chi connectivity index (χ2n) is 4.22. The third-order valence-corrected chi connectivity index (χ3v) is 3.17. The first-order valence-electron chi connectivity index (χ1n) is 6.19. The number of halogens is 1. The molecule has 0 spiro atoms. The Bertz CT molecular complexity index is 379. The Morgan fingerprint density at radius 2 is 2.28 bits per heavy atom. The molecule has 0 radical (unpaired) electrons. The maximum absolute atomic E-state index is 11.9. The SMILES string of the molecule is CCCC(CCO)CNC(=O)c1cccc(Br)n1. The summed E-state index contributed by atoms with van der Waals surface area (Å²) in [5.41, 5.74) is 0.406. The van der Waals surface area contributed by atoms with Gasteiger partial charge in [0.25, 0.3) is 5.91 Å². The molecular formula is C13H19BrN2O2. The average molecular weight is 315 g/mol. The van der Waals surface area contributed by atoms with Crippen LogP contribution in [0.15, 0.2) is 22.8 Å². The first-order chi connectivity index (χ1) is 8.67. The lowest BCUT2D eigenvalue weighted by molar-refractivity contribution is 0.0937. The van der Waals surface area contributed by atoms with Gasteiger partial charge in [-0.15, -0.1) is 0 Å². The van der Waals surface area contributed by atoms with Crippen molar-refractivity contribution in [1.29, 1.82) is 0 Å². The molecule has 1 rings (SSSR count). The van der Waals surface area contributed by atoms with Crippen LogP contribution in [-0.4, -0.2) is 29.1 Å². The summed E-state index contributed by atoms with van der Waals surface area (Å²) in [6.07, 6.45) is 2.78. The zero-order chi connectivity index (χ0) is 13.4. The molecule has 18 heavy (non-hydrogen) atoms. The molecule has 1 unspecified atom stereocenters. The zero-order valence-electron chi connectivity index (χ0n) is 10.5. The van der Waals surface area contributed by atoms with Crippen molar-refractivity contribution in [2.75, 3.05) is 13.2 Å². The van der Waals surface area contributed by atoms with Crippen LogP contribution in [0.1, 0.15) is 36.7 Å². The van der Waals surface area contributed by atoms with E-state index in [2.05, 4.69) is 33.2 Å². The lowest BCUT2D eigenvalue weighted by Gasteiger charge is -2.15. The molecule has 1 aromatic rings. The fraction of sp³-hybridized carbons (Fsp3) is 0.538. The number of hydrogen-bond donors (Lipinski definition) is 2. The first-order valence-corrected chi connectivity index (χ1v) is 6.98. The summed E-state index contributed by atoms with van der Waals surface area (Å²) >= 11 is 3.24. The van der Waals surface area contributed by atoms with Gasteiger partial charge in [0.05, 0.1) is 0 Å². The summed E-state index contributed by atoms with van der Waals surface area (Å²) in [7, 11) is 0. The molecule has 4 nitrogen and oxygen atoms in total.